The van der Waals surface area contributed by atoms with Crippen LogP contribution in [0.15, 0.2) is 17.6 Å². The van der Waals surface area contributed by atoms with Crippen LogP contribution in [0.5, 0.6) is 0 Å². The van der Waals surface area contributed by atoms with Crippen molar-refractivity contribution >= 4 is 11.3 Å². The van der Waals surface area contributed by atoms with E-state index < -0.39 is 6.10 Å². The van der Waals surface area contributed by atoms with E-state index in [4.69, 9.17) is 5.11 Å². The van der Waals surface area contributed by atoms with Crippen LogP contribution in [0.3, 0.4) is 0 Å². The van der Waals surface area contributed by atoms with E-state index in [1.54, 1.807) is 22.2 Å². The van der Waals surface area contributed by atoms with Gasteiger partial charge in [0.2, 0.25) is 0 Å². The van der Waals surface area contributed by atoms with E-state index in [0.717, 1.165) is 17.1 Å². The molecule has 2 heterocycles. The number of rotatable bonds is 6. The zero-order valence-electron chi connectivity index (χ0n) is 11.0. The summed E-state index contributed by atoms with van der Waals surface area (Å²) in [5.74, 6) is 0. The van der Waals surface area contributed by atoms with E-state index in [9.17, 15) is 5.11 Å². The van der Waals surface area contributed by atoms with Crippen LogP contribution in [0.1, 0.15) is 5.56 Å². The molecule has 0 unspecified atom stereocenters. The maximum atomic E-state index is 9.35. The van der Waals surface area contributed by atoms with Gasteiger partial charge in [0.05, 0.1) is 30.3 Å². The summed E-state index contributed by atoms with van der Waals surface area (Å²) >= 11 is 1.63. The predicted molar refractivity (Wildman–Crippen MR) is 73.8 cm³/mol. The van der Waals surface area contributed by atoms with Gasteiger partial charge in [-0.15, -0.1) is 16.4 Å². The number of aliphatic hydroxyl groups excluding tert-OH is 2. The Morgan fingerprint density at radius 1 is 1.47 bits per heavy atom. The second-order valence-electron chi connectivity index (χ2n) is 4.72. The van der Waals surface area contributed by atoms with Crippen LogP contribution in [0, 0.1) is 0 Å². The van der Waals surface area contributed by atoms with Gasteiger partial charge in [-0.05, 0) is 31.1 Å². The van der Waals surface area contributed by atoms with Crippen molar-refractivity contribution in [1.82, 2.24) is 19.9 Å². The fraction of sp³-hybridized carbons (Fsp3) is 0.500. The number of hydrogen-bond donors (Lipinski definition) is 2. The third-order valence-electron chi connectivity index (χ3n) is 2.55. The highest BCUT2D eigenvalue weighted by Gasteiger charge is 2.10. The molecule has 0 fully saturated rings. The van der Waals surface area contributed by atoms with E-state index in [-0.39, 0.29) is 13.2 Å². The van der Waals surface area contributed by atoms with Gasteiger partial charge in [0.25, 0.3) is 0 Å². The first-order chi connectivity index (χ1) is 9.08. The van der Waals surface area contributed by atoms with Crippen molar-refractivity contribution in [1.29, 1.82) is 0 Å². The summed E-state index contributed by atoms with van der Waals surface area (Å²) in [6, 6.07) is 2.10. The highest BCUT2D eigenvalue weighted by molar-refractivity contribution is 7.13. The molecule has 2 aromatic heterocycles. The Labute approximate surface area is 115 Å². The molecule has 6 nitrogen and oxygen atoms in total. The molecule has 104 valence electrons. The molecule has 0 aromatic carbocycles. The topological polar surface area (TPSA) is 74.4 Å². The van der Waals surface area contributed by atoms with E-state index >= 15 is 0 Å². The zero-order valence-corrected chi connectivity index (χ0v) is 11.8. The van der Waals surface area contributed by atoms with Crippen molar-refractivity contribution in [3.8, 4) is 10.6 Å². The quantitative estimate of drug-likeness (QED) is 0.803. The largest absolute Gasteiger partial charge is 0.394 e. The SMILES string of the molecule is CN(C)Cc1csc(-c2cn(C[C@H](O)CO)nn2)c1. The summed E-state index contributed by atoms with van der Waals surface area (Å²) in [6.45, 7) is 0.870. The fourth-order valence-corrected chi connectivity index (χ4v) is 2.59. The Hall–Kier alpha value is -1.28. The van der Waals surface area contributed by atoms with E-state index in [0.29, 0.717) is 0 Å². The van der Waals surface area contributed by atoms with E-state index in [2.05, 4.69) is 26.7 Å². The molecule has 0 aliphatic heterocycles. The van der Waals surface area contributed by atoms with Crippen LogP contribution >= 0.6 is 11.3 Å². The number of nitrogens with zero attached hydrogens (tertiary/aromatic N) is 4. The number of thiophene rings is 1. The molecule has 0 saturated carbocycles. The summed E-state index contributed by atoms with van der Waals surface area (Å²) in [7, 11) is 4.06. The highest BCUT2D eigenvalue weighted by Crippen LogP contribution is 2.25. The minimum atomic E-state index is -0.804. The summed E-state index contributed by atoms with van der Waals surface area (Å²) in [6.07, 6.45) is 0.978. The molecule has 0 saturated heterocycles. The minimum absolute atomic E-state index is 0.249. The molecule has 0 aliphatic rings. The number of aromatic nitrogens is 3. The van der Waals surface area contributed by atoms with Gasteiger partial charge in [0.15, 0.2) is 0 Å². The second kappa shape index (κ2) is 6.25. The maximum Gasteiger partial charge on any atom is 0.122 e. The Kier molecular flexibility index (Phi) is 4.65. The summed E-state index contributed by atoms with van der Waals surface area (Å²) in [5.41, 5.74) is 2.04. The van der Waals surface area contributed by atoms with Crippen LogP contribution in [-0.4, -0.2) is 56.9 Å². The van der Waals surface area contributed by atoms with Gasteiger partial charge in [0, 0.05) is 6.54 Å². The zero-order chi connectivity index (χ0) is 13.8. The molecule has 19 heavy (non-hydrogen) atoms. The van der Waals surface area contributed by atoms with Gasteiger partial charge in [-0.1, -0.05) is 5.21 Å². The lowest BCUT2D eigenvalue weighted by molar-refractivity contribution is 0.0778. The van der Waals surface area contributed by atoms with Gasteiger partial charge < -0.3 is 15.1 Å². The molecule has 0 amide bonds. The van der Waals surface area contributed by atoms with Gasteiger partial charge >= 0.3 is 0 Å². The molecule has 2 aromatic rings. The minimum Gasteiger partial charge on any atom is -0.394 e. The number of hydrogen-bond acceptors (Lipinski definition) is 6. The van der Waals surface area contributed by atoms with E-state index in [1.807, 2.05) is 14.1 Å². The van der Waals surface area contributed by atoms with Crippen molar-refractivity contribution in [2.24, 2.45) is 0 Å². The third kappa shape index (κ3) is 3.84. The van der Waals surface area contributed by atoms with Crippen molar-refractivity contribution in [2.45, 2.75) is 19.2 Å². The molecular formula is C12H18N4O2S. The first-order valence-electron chi connectivity index (χ1n) is 6.00. The van der Waals surface area contributed by atoms with Crippen molar-refractivity contribution in [3.63, 3.8) is 0 Å². The summed E-state index contributed by atoms with van der Waals surface area (Å²) in [4.78, 5) is 3.17. The normalized spacial score (nSPS) is 13.1. The molecule has 2 N–H and O–H groups in total. The Balaban J connectivity index is 2.07. The van der Waals surface area contributed by atoms with Crippen molar-refractivity contribution in [3.05, 3.63) is 23.2 Å². The molecule has 7 heteroatoms. The van der Waals surface area contributed by atoms with Gasteiger partial charge in [0.1, 0.15) is 5.69 Å². The smallest absolute Gasteiger partial charge is 0.122 e. The van der Waals surface area contributed by atoms with Crippen molar-refractivity contribution in [2.75, 3.05) is 20.7 Å². The first-order valence-corrected chi connectivity index (χ1v) is 6.88. The monoisotopic (exact) mass is 282 g/mol. The average molecular weight is 282 g/mol. The second-order valence-corrected chi connectivity index (χ2v) is 5.63. The first kappa shape index (κ1) is 14.1. The summed E-state index contributed by atoms with van der Waals surface area (Å²) < 4.78 is 1.54. The molecule has 0 bridgehead atoms. The molecule has 0 radical (unpaired) electrons. The molecule has 2 rings (SSSR count). The lowest BCUT2D eigenvalue weighted by Gasteiger charge is -2.06. The molecule has 0 spiro atoms. The maximum absolute atomic E-state index is 9.35. The van der Waals surface area contributed by atoms with E-state index in [1.165, 1.54) is 5.56 Å². The van der Waals surface area contributed by atoms with Crippen LogP contribution in [0.4, 0.5) is 0 Å². The fourth-order valence-electron chi connectivity index (χ4n) is 1.73. The molecular weight excluding hydrogens is 264 g/mol. The van der Waals surface area contributed by atoms with Crippen LogP contribution in [0.2, 0.25) is 0 Å². The lowest BCUT2D eigenvalue weighted by Crippen LogP contribution is -2.20. The molecule has 0 aliphatic carbocycles. The lowest BCUT2D eigenvalue weighted by atomic mass is 10.2. The highest BCUT2D eigenvalue weighted by atomic mass is 32.1. The van der Waals surface area contributed by atoms with Crippen molar-refractivity contribution < 1.29 is 10.2 Å². The van der Waals surface area contributed by atoms with Crippen LogP contribution < -0.4 is 0 Å². The van der Waals surface area contributed by atoms with Gasteiger partial charge in [-0.25, -0.2) is 4.68 Å². The molecule has 1 atom stereocenters. The Morgan fingerprint density at radius 2 is 2.26 bits per heavy atom. The Bertz CT molecular complexity index is 523. The van der Waals surface area contributed by atoms with Gasteiger partial charge in [-0.3, -0.25) is 0 Å². The van der Waals surface area contributed by atoms with Crippen LogP contribution in [0.25, 0.3) is 10.6 Å². The Morgan fingerprint density at radius 3 is 2.95 bits per heavy atom. The number of aliphatic hydroxyl groups is 2. The summed E-state index contributed by atoms with van der Waals surface area (Å²) in [5, 5.41) is 28.3. The van der Waals surface area contributed by atoms with Gasteiger partial charge in [-0.2, -0.15) is 0 Å². The standard InChI is InChI=1S/C12H18N4O2S/c1-15(2)4-9-3-12(19-8-9)11-6-16(14-13-11)5-10(18)7-17/h3,6,8,10,17-18H,4-5,7H2,1-2H3/t10-/m0/s1. The third-order valence-corrected chi connectivity index (χ3v) is 3.55. The average Bonchev–Trinajstić information content (AvgIpc) is 2.97. The van der Waals surface area contributed by atoms with Crippen LogP contribution in [-0.2, 0) is 13.1 Å². The predicted octanol–water partition coefficient (Wildman–Crippen LogP) is 0.421.